The van der Waals surface area contributed by atoms with Gasteiger partial charge in [0, 0.05) is 24.8 Å². The van der Waals surface area contributed by atoms with E-state index in [0.717, 1.165) is 43.8 Å². The average Bonchev–Trinajstić information content (AvgIpc) is 3.92. The molecule has 2 heterocycles. The Balaban J connectivity index is 0.000000173. The van der Waals surface area contributed by atoms with Gasteiger partial charge in [0.2, 0.25) is 11.8 Å². The maximum absolute atomic E-state index is 13.2. The molecule has 1 aromatic heterocycles. The van der Waals surface area contributed by atoms with Crippen molar-refractivity contribution in [1.82, 2.24) is 19.9 Å². The van der Waals surface area contributed by atoms with E-state index in [0.29, 0.717) is 11.4 Å². The number of phenols is 1. The molecule has 1 fully saturated rings. The van der Waals surface area contributed by atoms with E-state index >= 15 is 0 Å². The molecule has 1 N–H and O–H groups in total. The molecular weight excluding hydrogens is 1010 g/mol. The lowest BCUT2D eigenvalue weighted by molar-refractivity contribution is -0.142. The second kappa shape index (κ2) is 26.8. The summed E-state index contributed by atoms with van der Waals surface area (Å²) in [5.41, 5.74) is 7.13. The molecule has 79 heavy (non-hydrogen) atoms. The van der Waals surface area contributed by atoms with Crippen LogP contribution in [0.15, 0.2) is 182 Å². The minimum absolute atomic E-state index is 0.0258. The van der Waals surface area contributed by atoms with E-state index in [4.69, 9.17) is 9.47 Å². The monoisotopic (exact) mass is 1070 g/mol. The normalized spacial score (nSPS) is 13.1. The van der Waals surface area contributed by atoms with E-state index in [-0.39, 0.29) is 61.7 Å². The van der Waals surface area contributed by atoms with Gasteiger partial charge in [0.05, 0.1) is 23.4 Å². The molecule has 17 nitrogen and oxygen atoms in total. The number of ether oxygens (including phenoxy) is 4. The predicted octanol–water partition coefficient (Wildman–Crippen LogP) is 9.93. The van der Waals surface area contributed by atoms with Crippen LogP contribution in [-0.2, 0) is 56.5 Å². The van der Waals surface area contributed by atoms with Crippen LogP contribution in [0.2, 0.25) is 0 Å². The quantitative estimate of drug-likeness (QED) is 0.0413. The summed E-state index contributed by atoms with van der Waals surface area (Å²) in [6.07, 6.45) is 0.250. The zero-order chi connectivity index (χ0) is 56.5. The third kappa shape index (κ3) is 14.8. The number of carbonyl (C=O) groups is 7. The number of aryl methyl sites for hydroxylation is 1. The van der Waals surface area contributed by atoms with E-state index in [2.05, 4.69) is 45.7 Å². The van der Waals surface area contributed by atoms with Crippen LogP contribution in [0.3, 0.4) is 0 Å². The van der Waals surface area contributed by atoms with Gasteiger partial charge in [-0.05, 0) is 78.1 Å². The number of esters is 4. The van der Waals surface area contributed by atoms with Gasteiger partial charge in [-0.1, -0.05) is 153 Å². The number of hydrogen-bond donors (Lipinski definition) is 1. The Hall–Kier alpha value is -9.77. The lowest BCUT2D eigenvalue weighted by Gasteiger charge is -2.37. The van der Waals surface area contributed by atoms with E-state index in [1.807, 2.05) is 128 Å². The number of barbiturate groups is 1. The number of anilines is 1. The molecule has 4 amide bonds. The molecule has 7 aromatic carbocycles. The zero-order valence-electron chi connectivity index (χ0n) is 44.3. The highest BCUT2D eigenvalue weighted by atomic mass is 16.6. The molecule has 0 saturated carbocycles. The molecule has 0 spiro atoms. The van der Waals surface area contributed by atoms with Crippen molar-refractivity contribution in [2.75, 3.05) is 31.3 Å². The molecule has 1 aliphatic rings. The van der Waals surface area contributed by atoms with Crippen LogP contribution in [0, 0.1) is 12.8 Å². The maximum Gasteiger partial charge on any atom is 0.339 e. The number of urea groups is 1. The standard InChI is InChI=1S/C24H20N2O3.C22H21N3O.C16H18O8/c27-22-21(16-18-10-4-1-5-11-18)23(28)26(20-14-8-3-9-15-20)24(29)25(22)17-19-12-6-2-7-13-19;1-15-13-17(22(2,3)16-9-5-4-6-10-16)21(26)20(14-15)25-23-18-11-7-8-12-19(18)24-25;1-11(17)21-7-9-23-15(19)13-5-3-4-6-14(13)16(20)24-10-8-22-12(2)18/h1-15,21H,16-17H2;4-14,26H,1-3H3;3-6H,7-10H2,1-2H3. The fourth-order valence-corrected chi connectivity index (χ4v) is 8.51. The third-order valence-corrected chi connectivity index (χ3v) is 12.5. The summed E-state index contributed by atoms with van der Waals surface area (Å²) < 4.78 is 19.1. The number of para-hydroxylation sites is 1. The Morgan fingerprint density at radius 3 is 1.51 bits per heavy atom. The van der Waals surface area contributed by atoms with E-state index in [1.165, 1.54) is 35.7 Å². The summed E-state index contributed by atoms with van der Waals surface area (Å²) in [7, 11) is 0. The van der Waals surface area contributed by atoms with Crippen molar-refractivity contribution in [3.05, 3.63) is 221 Å². The zero-order valence-corrected chi connectivity index (χ0v) is 44.3. The lowest BCUT2D eigenvalue weighted by atomic mass is 9.77. The Kier molecular flexibility index (Phi) is 19.3. The van der Waals surface area contributed by atoms with E-state index < -0.39 is 47.6 Å². The number of imide groups is 2. The molecule has 1 aliphatic heterocycles. The molecule has 0 radical (unpaired) electrons. The SMILES string of the molecule is CC(=O)OCCOC(=O)c1ccccc1C(=O)OCCOC(C)=O.Cc1cc(-n2nc3ccccc3n2)c(O)c(C(C)(C)c2ccccc2)c1.O=C1C(Cc2ccccc2)C(=O)N(c2ccccc2)C(=O)N1Cc1ccccc1. The average molecular weight is 1070 g/mol. The number of aromatic hydroxyl groups is 1. The minimum atomic E-state index is -0.945. The molecule has 9 rings (SSSR count). The predicted molar refractivity (Wildman–Crippen MR) is 294 cm³/mol. The Labute approximate surface area is 456 Å². The molecule has 8 aromatic rings. The summed E-state index contributed by atoms with van der Waals surface area (Å²) in [4.78, 5) is 88.6. The molecule has 1 unspecified atom stereocenters. The summed E-state index contributed by atoms with van der Waals surface area (Å²) in [6, 6.07) is 54.6. The lowest BCUT2D eigenvalue weighted by Crippen LogP contribution is -2.60. The number of aromatic nitrogens is 3. The molecule has 1 saturated heterocycles. The third-order valence-electron chi connectivity index (χ3n) is 12.5. The minimum Gasteiger partial charge on any atom is -0.505 e. The number of fused-ring (bicyclic) bond motifs is 1. The molecule has 1 atom stereocenters. The highest BCUT2D eigenvalue weighted by molar-refractivity contribution is 6.27. The van der Waals surface area contributed by atoms with Gasteiger partial charge in [-0.25, -0.2) is 19.3 Å². The van der Waals surface area contributed by atoms with Crippen LogP contribution in [0.4, 0.5) is 10.5 Å². The maximum atomic E-state index is 13.2. The topological polar surface area (TPSA) is 214 Å². The molecule has 17 heteroatoms. The molecular formula is C62H59N5O12. The van der Waals surface area contributed by atoms with Gasteiger partial charge in [-0.3, -0.25) is 24.1 Å². The smallest absolute Gasteiger partial charge is 0.339 e. The first-order valence-corrected chi connectivity index (χ1v) is 25.3. The van der Waals surface area contributed by atoms with Crippen molar-refractivity contribution in [2.45, 2.75) is 53.0 Å². The second-order valence-electron chi connectivity index (χ2n) is 18.6. The number of rotatable bonds is 16. The largest absolute Gasteiger partial charge is 0.505 e. The number of benzene rings is 7. The van der Waals surface area contributed by atoms with Gasteiger partial charge in [0.1, 0.15) is 54.8 Å². The van der Waals surface area contributed by atoms with Crippen LogP contribution in [0.5, 0.6) is 5.75 Å². The van der Waals surface area contributed by atoms with Gasteiger partial charge in [-0.15, -0.1) is 15.0 Å². The van der Waals surface area contributed by atoms with Crippen LogP contribution >= 0.6 is 0 Å². The van der Waals surface area contributed by atoms with Crippen LogP contribution in [0.1, 0.15) is 76.2 Å². The highest BCUT2D eigenvalue weighted by Crippen LogP contribution is 2.40. The van der Waals surface area contributed by atoms with Crippen molar-refractivity contribution in [3.8, 4) is 11.4 Å². The van der Waals surface area contributed by atoms with Crippen molar-refractivity contribution in [2.24, 2.45) is 5.92 Å². The summed E-state index contributed by atoms with van der Waals surface area (Å²) in [6.45, 7) is 8.46. The fourth-order valence-electron chi connectivity index (χ4n) is 8.51. The molecule has 404 valence electrons. The van der Waals surface area contributed by atoms with Crippen molar-refractivity contribution in [1.29, 1.82) is 0 Å². The van der Waals surface area contributed by atoms with E-state index in [9.17, 15) is 38.7 Å². The number of carbonyl (C=O) groups excluding carboxylic acids is 7. The summed E-state index contributed by atoms with van der Waals surface area (Å²) >= 11 is 0. The van der Waals surface area contributed by atoms with Crippen molar-refractivity contribution in [3.63, 3.8) is 0 Å². The molecule has 0 aliphatic carbocycles. The summed E-state index contributed by atoms with van der Waals surface area (Å²) in [5.74, 6) is -4.13. The molecule has 0 bridgehead atoms. The Morgan fingerprint density at radius 2 is 1.00 bits per heavy atom. The number of nitrogens with zero attached hydrogens (tertiary/aromatic N) is 5. The van der Waals surface area contributed by atoms with Crippen molar-refractivity contribution >= 4 is 58.4 Å². The number of hydrogen-bond acceptors (Lipinski definition) is 14. The van der Waals surface area contributed by atoms with Crippen LogP contribution in [0.25, 0.3) is 16.7 Å². The van der Waals surface area contributed by atoms with E-state index in [1.54, 1.807) is 36.4 Å². The number of phenolic OH excluding ortho intramolecular Hbond substituents is 1. The van der Waals surface area contributed by atoms with Crippen LogP contribution < -0.4 is 4.90 Å². The van der Waals surface area contributed by atoms with Crippen molar-refractivity contribution < 1.29 is 57.6 Å². The first kappa shape index (κ1) is 56.9. The van der Waals surface area contributed by atoms with Gasteiger partial charge >= 0.3 is 29.9 Å². The Morgan fingerprint density at radius 1 is 0.557 bits per heavy atom. The van der Waals surface area contributed by atoms with Gasteiger partial charge in [0.25, 0.3) is 0 Å². The summed E-state index contributed by atoms with van der Waals surface area (Å²) in [5, 5.41) is 20.1. The second-order valence-corrected chi connectivity index (χ2v) is 18.6. The van der Waals surface area contributed by atoms with Gasteiger partial charge < -0.3 is 24.1 Å². The fraction of sp³-hybridized carbons (Fsp3) is 0.210. The first-order valence-electron chi connectivity index (χ1n) is 25.3. The first-order chi connectivity index (χ1) is 38.0. The van der Waals surface area contributed by atoms with Gasteiger partial charge in [0.15, 0.2) is 0 Å². The van der Waals surface area contributed by atoms with Crippen LogP contribution in [-0.4, -0.2) is 93.2 Å². The Bertz CT molecular complexity index is 3270. The number of amides is 4. The highest BCUT2D eigenvalue weighted by Gasteiger charge is 2.46. The van der Waals surface area contributed by atoms with Gasteiger partial charge in [-0.2, -0.15) is 0 Å².